The number of hydrogen-bond donors (Lipinski definition) is 2. The molecule has 1 atom stereocenters. The summed E-state index contributed by atoms with van der Waals surface area (Å²) in [6, 6.07) is 0. The molecule has 2 rings (SSSR count). The second-order valence-electron chi connectivity index (χ2n) is 5.99. The molecule has 2 aliphatic heterocycles. The lowest BCUT2D eigenvalue weighted by Gasteiger charge is -2.35. The molecule has 0 aliphatic carbocycles. The van der Waals surface area contributed by atoms with Crippen molar-refractivity contribution in [3.63, 3.8) is 0 Å². The van der Waals surface area contributed by atoms with Crippen LogP contribution in [0.3, 0.4) is 0 Å². The maximum Gasteiger partial charge on any atom is 0.236 e. The molecule has 0 aromatic carbocycles. The van der Waals surface area contributed by atoms with E-state index in [9.17, 15) is 13.2 Å². The number of nitrogens with zero attached hydrogens (tertiary/aromatic N) is 2. The number of carbonyl (C=O) groups excluding carboxylic acids is 1. The number of carbonyl (C=O) groups is 1. The molecule has 0 aromatic heterocycles. The van der Waals surface area contributed by atoms with Crippen LogP contribution < -0.4 is 10.0 Å². The average molecular weight is 318 g/mol. The Bertz CT molecular complexity index is 448. The van der Waals surface area contributed by atoms with Gasteiger partial charge in [0.1, 0.15) is 0 Å². The number of nitrogens with one attached hydrogen (secondary N) is 2. The average Bonchev–Trinajstić information content (AvgIpc) is 2.46. The van der Waals surface area contributed by atoms with Crippen molar-refractivity contribution in [1.82, 2.24) is 19.8 Å². The number of piperidine rings is 1. The summed E-state index contributed by atoms with van der Waals surface area (Å²) in [6.45, 7) is 6.07. The van der Waals surface area contributed by atoms with Gasteiger partial charge >= 0.3 is 0 Å². The Morgan fingerprint density at radius 3 is 2.67 bits per heavy atom. The fourth-order valence-corrected chi connectivity index (χ4v) is 3.43. The smallest absolute Gasteiger partial charge is 0.236 e. The molecule has 1 amide bonds. The van der Waals surface area contributed by atoms with Gasteiger partial charge in [-0.15, -0.1) is 0 Å². The molecule has 0 saturated carbocycles. The summed E-state index contributed by atoms with van der Waals surface area (Å²) in [4.78, 5) is 16.4. The molecule has 2 heterocycles. The Balaban J connectivity index is 1.78. The molecular formula is C13H26N4O3S. The van der Waals surface area contributed by atoms with E-state index >= 15 is 0 Å². The van der Waals surface area contributed by atoms with Crippen molar-refractivity contribution < 1.29 is 13.2 Å². The van der Waals surface area contributed by atoms with Crippen LogP contribution in [-0.4, -0.2) is 82.7 Å². The SMILES string of the molecule is CS(=O)(=O)NCC1CCCN(C(=O)CN2CCNCC2)C1. The number of likely N-dealkylation sites (tertiary alicyclic amines) is 1. The van der Waals surface area contributed by atoms with Crippen molar-refractivity contribution in [2.24, 2.45) is 5.92 Å². The summed E-state index contributed by atoms with van der Waals surface area (Å²) in [5.74, 6) is 0.390. The Labute approximate surface area is 127 Å². The van der Waals surface area contributed by atoms with Crippen LogP contribution in [0.2, 0.25) is 0 Å². The van der Waals surface area contributed by atoms with Gasteiger partial charge in [-0.05, 0) is 18.8 Å². The van der Waals surface area contributed by atoms with Crippen LogP contribution in [0.4, 0.5) is 0 Å². The molecule has 2 aliphatic rings. The van der Waals surface area contributed by atoms with Crippen molar-refractivity contribution >= 4 is 15.9 Å². The third kappa shape index (κ3) is 5.90. The Morgan fingerprint density at radius 1 is 1.29 bits per heavy atom. The van der Waals surface area contributed by atoms with Crippen LogP contribution in [0.25, 0.3) is 0 Å². The summed E-state index contributed by atoms with van der Waals surface area (Å²) in [6.07, 6.45) is 3.09. The van der Waals surface area contributed by atoms with Gasteiger partial charge in [0.15, 0.2) is 0 Å². The van der Waals surface area contributed by atoms with Gasteiger partial charge in [-0.1, -0.05) is 0 Å². The molecule has 0 radical (unpaired) electrons. The van der Waals surface area contributed by atoms with E-state index in [2.05, 4.69) is 14.9 Å². The molecule has 2 saturated heterocycles. The van der Waals surface area contributed by atoms with Gasteiger partial charge in [-0.3, -0.25) is 9.69 Å². The first-order valence-electron chi connectivity index (χ1n) is 7.59. The largest absolute Gasteiger partial charge is 0.341 e. The van der Waals surface area contributed by atoms with Gasteiger partial charge in [-0.25, -0.2) is 13.1 Å². The predicted molar refractivity (Wildman–Crippen MR) is 81.5 cm³/mol. The van der Waals surface area contributed by atoms with E-state index < -0.39 is 10.0 Å². The van der Waals surface area contributed by atoms with Crippen LogP contribution in [0, 0.1) is 5.92 Å². The lowest BCUT2D eigenvalue weighted by Crippen LogP contribution is -2.50. The lowest BCUT2D eigenvalue weighted by molar-refractivity contribution is -0.134. The van der Waals surface area contributed by atoms with Gasteiger partial charge in [0.2, 0.25) is 15.9 Å². The molecule has 2 N–H and O–H groups in total. The Morgan fingerprint density at radius 2 is 2.00 bits per heavy atom. The van der Waals surface area contributed by atoms with E-state index in [-0.39, 0.29) is 11.8 Å². The van der Waals surface area contributed by atoms with Crippen LogP contribution in [0.1, 0.15) is 12.8 Å². The highest BCUT2D eigenvalue weighted by molar-refractivity contribution is 7.88. The summed E-state index contributed by atoms with van der Waals surface area (Å²) in [5.41, 5.74) is 0. The zero-order chi connectivity index (χ0) is 15.3. The third-order valence-electron chi connectivity index (χ3n) is 4.07. The minimum absolute atomic E-state index is 0.168. The van der Waals surface area contributed by atoms with Gasteiger partial charge in [0, 0.05) is 45.8 Å². The summed E-state index contributed by atoms with van der Waals surface area (Å²) >= 11 is 0. The van der Waals surface area contributed by atoms with Gasteiger partial charge in [0.05, 0.1) is 12.8 Å². The predicted octanol–water partition coefficient (Wildman–Crippen LogP) is -1.32. The summed E-state index contributed by atoms with van der Waals surface area (Å²) < 4.78 is 24.8. The molecule has 0 bridgehead atoms. The van der Waals surface area contributed by atoms with E-state index in [1.165, 1.54) is 6.26 Å². The van der Waals surface area contributed by atoms with Crippen LogP contribution in [0.15, 0.2) is 0 Å². The van der Waals surface area contributed by atoms with E-state index in [1.54, 1.807) is 0 Å². The normalized spacial score (nSPS) is 25.0. The molecule has 122 valence electrons. The van der Waals surface area contributed by atoms with E-state index in [0.717, 1.165) is 45.6 Å². The molecular weight excluding hydrogens is 292 g/mol. The number of amides is 1. The standard InChI is InChI=1S/C13H26N4O3S/c1-21(19,20)15-9-12-3-2-6-17(10-12)13(18)11-16-7-4-14-5-8-16/h12,14-15H,2-11H2,1H3. The van der Waals surface area contributed by atoms with Crippen molar-refractivity contribution in [3.05, 3.63) is 0 Å². The van der Waals surface area contributed by atoms with Crippen molar-refractivity contribution in [3.8, 4) is 0 Å². The monoisotopic (exact) mass is 318 g/mol. The zero-order valence-electron chi connectivity index (χ0n) is 12.7. The van der Waals surface area contributed by atoms with E-state index in [0.29, 0.717) is 19.6 Å². The Hall–Kier alpha value is -0.700. The minimum Gasteiger partial charge on any atom is -0.341 e. The third-order valence-corrected chi connectivity index (χ3v) is 4.77. The van der Waals surface area contributed by atoms with Crippen molar-refractivity contribution in [2.45, 2.75) is 12.8 Å². The van der Waals surface area contributed by atoms with Crippen LogP contribution in [-0.2, 0) is 14.8 Å². The molecule has 21 heavy (non-hydrogen) atoms. The molecule has 1 unspecified atom stereocenters. The molecule has 0 aromatic rings. The number of piperazine rings is 1. The highest BCUT2D eigenvalue weighted by Crippen LogP contribution is 2.16. The molecule has 8 heteroatoms. The van der Waals surface area contributed by atoms with Crippen LogP contribution in [0.5, 0.6) is 0 Å². The first-order valence-corrected chi connectivity index (χ1v) is 9.48. The number of rotatable bonds is 5. The van der Waals surface area contributed by atoms with E-state index in [1.807, 2.05) is 4.90 Å². The quantitative estimate of drug-likeness (QED) is 0.657. The van der Waals surface area contributed by atoms with Gasteiger partial charge < -0.3 is 10.2 Å². The van der Waals surface area contributed by atoms with Crippen LogP contribution >= 0.6 is 0 Å². The maximum atomic E-state index is 12.3. The van der Waals surface area contributed by atoms with Gasteiger partial charge in [-0.2, -0.15) is 0 Å². The summed E-state index contributed by atoms with van der Waals surface area (Å²) in [7, 11) is -3.15. The first kappa shape index (κ1) is 16.7. The topological polar surface area (TPSA) is 81.8 Å². The first-order chi connectivity index (χ1) is 9.94. The Kier molecular flexibility index (Phi) is 5.98. The van der Waals surface area contributed by atoms with Gasteiger partial charge in [0.25, 0.3) is 0 Å². The van der Waals surface area contributed by atoms with Crippen molar-refractivity contribution in [1.29, 1.82) is 0 Å². The number of hydrogen-bond acceptors (Lipinski definition) is 5. The lowest BCUT2D eigenvalue weighted by atomic mass is 9.98. The fraction of sp³-hybridized carbons (Fsp3) is 0.923. The fourth-order valence-electron chi connectivity index (χ4n) is 2.89. The zero-order valence-corrected chi connectivity index (χ0v) is 13.5. The highest BCUT2D eigenvalue weighted by Gasteiger charge is 2.25. The molecule has 2 fully saturated rings. The van der Waals surface area contributed by atoms with Crippen molar-refractivity contribution in [2.75, 3.05) is 58.6 Å². The minimum atomic E-state index is -3.15. The van der Waals surface area contributed by atoms with E-state index in [4.69, 9.17) is 0 Å². The summed E-state index contributed by atoms with van der Waals surface area (Å²) in [5, 5.41) is 3.27. The molecule has 0 spiro atoms. The number of sulfonamides is 1. The molecule has 7 nitrogen and oxygen atoms in total. The highest BCUT2D eigenvalue weighted by atomic mass is 32.2. The second-order valence-corrected chi connectivity index (χ2v) is 7.83. The maximum absolute atomic E-state index is 12.3. The second kappa shape index (κ2) is 7.53.